The fraction of sp³-hybridized carbons (Fsp3) is 0.300. The standard InChI is InChI=1S/C20H22N4OS/c25-14-19-20(22-23-21-19)26-18-10-6-16(7-11-18)15-4-8-17(9-5-15)24-12-2-1-3-13-24/h4-11,25H,1-3,12-14H2,(H,21,22,23). The lowest BCUT2D eigenvalue weighted by molar-refractivity contribution is 0.273. The van der Waals surface area contributed by atoms with Crippen molar-refractivity contribution >= 4 is 17.4 Å². The predicted octanol–water partition coefficient (Wildman–Crippen LogP) is 4.11. The van der Waals surface area contributed by atoms with Gasteiger partial charge in [-0.15, -0.1) is 5.10 Å². The van der Waals surface area contributed by atoms with Gasteiger partial charge in [-0.1, -0.05) is 36.0 Å². The summed E-state index contributed by atoms with van der Waals surface area (Å²) in [6.07, 6.45) is 3.95. The maximum atomic E-state index is 9.26. The quantitative estimate of drug-likeness (QED) is 0.711. The number of hydrogen-bond donors (Lipinski definition) is 2. The number of piperidine rings is 1. The molecule has 0 unspecified atom stereocenters. The van der Waals surface area contributed by atoms with Crippen LogP contribution in [0.5, 0.6) is 0 Å². The number of anilines is 1. The van der Waals surface area contributed by atoms with E-state index in [1.165, 1.54) is 60.9 Å². The van der Waals surface area contributed by atoms with Crippen LogP contribution in [0.1, 0.15) is 25.0 Å². The van der Waals surface area contributed by atoms with E-state index in [9.17, 15) is 5.11 Å². The highest BCUT2D eigenvalue weighted by Crippen LogP contribution is 2.30. The average Bonchev–Trinajstić information content (AvgIpc) is 3.16. The fourth-order valence-electron chi connectivity index (χ4n) is 3.27. The fourth-order valence-corrected chi connectivity index (χ4v) is 4.08. The maximum Gasteiger partial charge on any atom is 0.149 e. The zero-order valence-corrected chi connectivity index (χ0v) is 15.4. The lowest BCUT2D eigenvalue weighted by Gasteiger charge is -2.28. The first kappa shape index (κ1) is 17.1. The normalized spacial score (nSPS) is 14.6. The molecule has 0 radical (unpaired) electrons. The SMILES string of the molecule is OCc1n[nH]nc1Sc1ccc(-c2ccc(N3CCCCC3)cc2)cc1. The third-order valence-electron chi connectivity index (χ3n) is 4.72. The minimum absolute atomic E-state index is 0.111. The number of hydrogen-bond acceptors (Lipinski definition) is 5. The van der Waals surface area contributed by atoms with Gasteiger partial charge in [-0.05, 0) is 54.7 Å². The molecule has 0 saturated carbocycles. The second kappa shape index (κ2) is 7.93. The number of aromatic nitrogens is 3. The second-order valence-electron chi connectivity index (χ2n) is 6.45. The molecular weight excluding hydrogens is 344 g/mol. The zero-order chi connectivity index (χ0) is 17.8. The Hall–Kier alpha value is -2.31. The molecule has 1 fully saturated rings. The summed E-state index contributed by atoms with van der Waals surface area (Å²) in [7, 11) is 0. The molecule has 6 heteroatoms. The van der Waals surface area contributed by atoms with Gasteiger partial charge in [0, 0.05) is 23.7 Å². The highest BCUT2D eigenvalue weighted by molar-refractivity contribution is 7.99. The third-order valence-corrected chi connectivity index (χ3v) is 5.75. The topological polar surface area (TPSA) is 65.0 Å². The van der Waals surface area contributed by atoms with Gasteiger partial charge >= 0.3 is 0 Å². The van der Waals surface area contributed by atoms with Gasteiger partial charge in [0.2, 0.25) is 0 Å². The highest BCUT2D eigenvalue weighted by atomic mass is 32.2. The Morgan fingerprint density at radius 3 is 2.19 bits per heavy atom. The number of rotatable bonds is 5. The first-order valence-corrected chi connectivity index (χ1v) is 9.79. The first-order valence-electron chi connectivity index (χ1n) is 8.97. The molecule has 1 aliphatic rings. The van der Waals surface area contributed by atoms with Gasteiger partial charge in [0.15, 0.2) is 0 Å². The molecule has 0 aliphatic carbocycles. The van der Waals surface area contributed by atoms with Crippen molar-refractivity contribution in [3.05, 3.63) is 54.2 Å². The van der Waals surface area contributed by atoms with Crippen molar-refractivity contribution < 1.29 is 5.11 Å². The van der Waals surface area contributed by atoms with Crippen LogP contribution in [-0.2, 0) is 6.61 Å². The minimum Gasteiger partial charge on any atom is -0.390 e. The Labute approximate surface area is 157 Å². The van der Waals surface area contributed by atoms with E-state index in [0.717, 1.165) is 4.90 Å². The number of aromatic amines is 1. The van der Waals surface area contributed by atoms with Crippen LogP contribution >= 0.6 is 11.8 Å². The van der Waals surface area contributed by atoms with E-state index >= 15 is 0 Å². The van der Waals surface area contributed by atoms with Crippen LogP contribution in [0.3, 0.4) is 0 Å². The molecule has 0 spiro atoms. The van der Waals surface area contributed by atoms with Crippen LogP contribution in [0.25, 0.3) is 11.1 Å². The van der Waals surface area contributed by atoms with E-state index in [4.69, 9.17) is 0 Å². The Morgan fingerprint density at radius 1 is 0.885 bits per heavy atom. The molecule has 0 amide bonds. The zero-order valence-electron chi connectivity index (χ0n) is 14.6. The molecule has 1 saturated heterocycles. The van der Waals surface area contributed by atoms with Gasteiger partial charge in [-0.25, -0.2) is 0 Å². The Balaban J connectivity index is 1.46. The molecule has 4 rings (SSSR count). The summed E-state index contributed by atoms with van der Waals surface area (Å²) < 4.78 is 0. The van der Waals surface area contributed by atoms with Crippen molar-refractivity contribution in [2.45, 2.75) is 35.8 Å². The molecule has 0 atom stereocenters. The van der Waals surface area contributed by atoms with Gasteiger partial charge < -0.3 is 10.0 Å². The third kappa shape index (κ3) is 3.76. The van der Waals surface area contributed by atoms with E-state index in [2.05, 4.69) is 68.8 Å². The largest absolute Gasteiger partial charge is 0.390 e. The van der Waals surface area contributed by atoms with Crippen LogP contribution in [0, 0.1) is 0 Å². The van der Waals surface area contributed by atoms with Crippen molar-refractivity contribution in [2.24, 2.45) is 0 Å². The van der Waals surface area contributed by atoms with E-state index < -0.39 is 0 Å². The van der Waals surface area contributed by atoms with Crippen molar-refractivity contribution in [3.8, 4) is 11.1 Å². The van der Waals surface area contributed by atoms with Crippen LogP contribution in [0.15, 0.2) is 58.5 Å². The number of nitrogens with one attached hydrogen (secondary N) is 1. The van der Waals surface area contributed by atoms with E-state index in [1.807, 2.05) is 0 Å². The van der Waals surface area contributed by atoms with Gasteiger partial charge in [-0.2, -0.15) is 10.3 Å². The number of benzene rings is 2. The van der Waals surface area contributed by atoms with E-state index in [0.29, 0.717) is 10.7 Å². The Kier molecular flexibility index (Phi) is 5.22. The van der Waals surface area contributed by atoms with Gasteiger partial charge in [-0.3, -0.25) is 0 Å². The molecule has 3 aromatic rings. The molecule has 1 aliphatic heterocycles. The van der Waals surface area contributed by atoms with E-state index in [-0.39, 0.29) is 6.61 Å². The summed E-state index contributed by atoms with van der Waals surface area (Å²) in [5.74, 6) is 0. The molecule has 2 N–H and O–H groups in total. The summed E-state index contributed by atoms with van der Waals surface area (Å²) in [4.78, 5) is 3.55. The summed E-state index contributed by atoms with van der Waals surface area (Å²) in [5, 5.41) is 20.5. The van der Waals surface area contributed by atoms with Crippen LogP contribution in [-0.4, -0.2) is 33.6 Å². The van der Waals surface area contributed by atoms with E-state index in [1.54, 1.807) is 0 Å². The molecule has 134 valence electrons. The number of nitrogens with zero attached hydrogens (tertiary/aromatic N) is 3. The van der Waals surface area contributed by atoms with Crippen LogP contribution in [0.4, 0.5) is 5.69 Å². The van der Waals surface area contributed by atoms with Crippen molar-refractivity contribution in [3.63, 3.8) is 0 Å². The van der Waals surface area contributed by atoms with Crippen LogP contribution < -0.4 is 4.90 Å². The van der Waals surface area contributed by atoms with Gasteiger partial charge in [0.25, 0.3) is 0 Å². The summed E-state index contributed by atoms with van der Waals surface area (Å²) in [6, 6.07) is 17.3. The van der Waals surface area contributed by atoms with Crippen molar-refractivity contribution in [1.29, 1.82) is 0 Å². The number of aliphatic hydroxyl groups is 1. The van der Waals surface area contributed by atoms with Gasteiger partial charge in [0.1, 0.15) is 10.7 Å². The summed E-state index contributed by atoms with van der Waals surface area (Å²) in [6.45, 7) is 2.23. The molecule has 1 aromatic heterocycles. The number of H-pyrrole nitrogens is 1. The predicted molar refractivity (Wildman–Crippen MR) is 104 cm³/mol. The lowest BCUT2D eigenvalue weighted by Crippen LogP contribution is -2.29. The molecule has 2 heterocycles. The molecule has 0 bridgehead atoms. The molecule has 2 aromatic carbocycles. The van der Waals surface area contributed by atoms with Crippen LogP contribution in [0.2, 0.25) is 0 Å². The summed E-state index contributed by atoms with van der Waals surface area (Å²) >= 11 is 1.50. The summed E-state index contributed by atoms with van der Waals surface area (Å²) in [5.41, 5.74) is 4.32. The van der Waals surface area contributed by atoms with Gasteiger partial charge in [0.05, 0.1) is 6.61 Å². The second-order valence-corrected chi connectivity index (χ2v) is 7.52. The first-order chi connectivity index (χ1) is 12.8. The smallest absolute Gasteiger partial charge is 0.149 e. The number of aliphatic hydroxyl groups excluding tert-OH is 1. The maximum absolute atomic E-state index is 9.26. The average molecular weight is 366 g/mol. The molecule has 5 nitrogen and oxygen atoms in total. The lowest BCUT2D eigenvalue weighted by atomic mass is 10.0. The minimum atomic E-state index is -0.111. The molecule has 26 heavy (non-hydrogen) atoms. The van der Waals surface area contributed by atoms with Crippen molar-refractivity contribution in [1.82, 2.24) is 15.4 Å². The Bertz CT molecular complexity index is 839. The Morgan fingerprint density at radius 2 is 1.54 bits per heavy atom. The highest BCUT2D eigenvalue weighted by Gasteiger charge is 2.11. The monoisotopic (exact) mass is 366 g/mol. The molecular formula is C20H22N4OS. The van der Waals surface area contributed by atoms with Crippen molar-refractivity contribution in [2.75, 3.05) is 18.0 Å².